The fourth-order valence-electron chi connectivity index (χ4n) is 3.90. The third kappa shape index (κ3) is 2.30. The molecule has 0 aliphatic carbocycles. The van der Waals surface area contributed by atoms with Crippen molar-refractivity contribution in [3.8, 4) is 0 Å². The summed E-state index contributed by atoms with van der Waals surface area (Å²) in [6.07, 6.45) is 2.44. The Morgan fingerprint density at radius 3 is 2.33 bits per heavy atom. The average Bonchev–Trinajstić information content (AvgIpc) is 3.14. The van der Waals surface area contributed by atoms with Crippen molar-refractivity contribution >= 4 is 28.9 Å². The van der Waals surface area contributed by atoms with Gasteiger partial charge in [0, 0.05) is 30.0 Å². The number of para-hydroxylation sites is 2. The van der Waals surface area contributed by atoms with Crippen LogP contribution in [0.25, 0.3) is 0 Å². The highest BCUT2D eigenvalue weighted by Crippen LogP contribution is 2.52. The van der Waals surface area contributed by atoms with Crippen molar-refractivity contribution in [2.75, 3.05) is 22.9 Å². The van der Waals surface area contributed by atoms with E-state index in [0.717, 1.165) is 24.3 Å². The molecule has 0 spiro atoms. The number of carbonyl (C=O) groups is 1. The van der Waals surface area contributed by atoms with Crippen LogP contribution in [-0.2, 0) is 4.79 Å². The van der Waals surface area contributed by atoms with Crippen molar-refractivity contribution in [3.63, 3.8) is 0 Å². The molecule has 2 atom stereocenters. The highest BCUT2D eigenvalue weighted by molar-refractivity contribution is 6.41. The van der Waals surface area contributed by atoms with Gasteiger partial charge in [0.05, 0.1) is 6.04 Å². The predicted octanol–water partition coefficient (Wildman–Crippen LogP) is 4.37. The molecule has 2 aliphatic heterocycles. The van der Waals surface area contributed by atoms with Crippen LogP contribution in [-0.4, -0.2) is 23.9 Å². The Hall–Kier alpha value is -2.00. The topological polar surface area (TPSA) is 23.6 Å². The number of rotatable bonds is 3. The molecule has 0 saturated carbocycles. The van der Waals surface area contributed by atoms with Gasteiger partial charge in [-0.3, -0.25) is 4.79 Å². The highest BCUT2D eigenvalue weighted by Gasteiger charge is 2.58. The molecular weight excluding hydrogens is 320 g/mol. The molecule has 2 aliphatic rings. The van der Waals surface area contributed by atoms with Crippen LogP contribution in [0.3, 0.4) is 0 Å². The molecule has 0 radical (unpaired) electrons. The quantitative estimate of drug-likeness (QED) is 0.611. The molecule has 2 aromatic carbocycles. The smallest absolute Gasteiger partial charge is 0.251 e. The second kappa shape index (κ2) is 5.82. The van der Waals surface area contributed by atoms with E-state index in [1.54, 1.807) is 0 Å². The summed E-state index contributed by atoms with van der Waals surface area (Å²) in [4.78, 5) is 16.0. The lowest BCUT2D eigenvalue weighted by Crippen LogP contribution is -2.64. The first kappa shape index (κ1) is 15.5. The number of hydrogen-bond donors (Lipinski definition) is 0. The second-order valence-corrected chi connectivity index (χ2v) is 7.53. The van der Waals surface area contributed by atoms with Crippen LogP contribution in [0, 0.1) is 0 Å². The molecule has 0 bridgehead atoms. The van der Waals surface area contributed by atoms with Crippen LogP contribution in [0.2, 0.25) is 0 Å². The first-order valence-corrected chi connectivity index (χ1v) is 8.90. The van der Waals surface area contributed by atoms with E-state index < -0.39 is 4.87 Å². The van der Waals surface area contributed by atoms with E-state index in [1.165, 1.54) is 18.5 Å². The molecule has 0 N–H and O–H groups in total. The normalized spacial score (nSPS) is 26.6. The number of carbonyl (C=O) groups excluding carboxylic acids is 1. The molecule has 1 amide bonds. The van der Waals surface area contributed by atoms with Gasteiger partial charge in [-0.2, -0.15) is 0 Å². The maximum atomic E-state index is 12.7. The standard InChI is InChI=1S/C20H21ClN2O/c1-20(21)18(23(19(20)24)15-9-3-2-4-10-15)16-11-5-6-12-17(16)22-13-7-8-14-22/h2-6,9-12,18H,7-8,13-14H2,1H3. The molecule has 2 fully saturated rings. The molecule has 4 rings (SSSR count). The Balaban J connectivity index is 1.78. The van der Waals surface area contributed by atoms with Crippen molar-refractivity contribution in [1.82, 2.24) is 0 Å². The predicted molar refractivity (Wildman–Crippen MR) is 98.8 cm³/mol. The lowest BCUT2D eigenvalue weighted by molar-refractivity contribution is -0.127. The van der Waals surface area contributed by atoms with Crippen LogP contribution in [0.1, 0.15) is 31.4 Å². The summed E-state index contributed by atoms with van der Waals surface area (Å²) < 4.78 is 0. The Morgan fingerprint density at radius 2 is 1.62 bits per heavy atom. The lowest BCUT2D eigenvalue weighted by Gasteiger charge is -2.52. The number of alkyl halides is 1. The van der Waals surface area contributed by atoms with Crippen molar-refractivity contribution in [1.29, 1.82) is 0 Å². The van der Waals surface area contributed by atoms with E-state index in [0.29, 0.717) is 0 Å². The van der Waals surface area contributed by atoms with Gasteiger partial charge in [0.15, 0.2) is 0 Å². The molecule has 0 aromatic heterocycles. The Bertz CT molecular complexity index is 753. The average molecular weight is 341 g/mol. The number of halogens is 1. The van der Waals surface area contributed by atoms with Gasteiger partial charge in [0.1, 0.15) is 4.87 Å². The highest BCUT2D eigenvalue weighted by atomic mass is 35.5. The van der Waals surface area contributed by atoms with Gasteiger partial charge in [0.2, 0.25) is 0 Å². The number of nitrogens with zero attached hydrogens (tertiary/aromatic N) is 2. The third-order valence-electron chi connectivity index (χ3n) is 5.12. The summed E-state index contributed by atoms with van der Waals surface area (Å²) in [6, 6.07) is 18.0. The third-order valence-corrected chi connectivity index (χ3v) is 5.49. The first-order valence-electron chi connectivity index (χ1n) is 8.52. The molecule has 2 heterocycles. The molecular formula is C20H21ClN2O. The summed E-state index contributed by atoms with van der Waals surface area (Å²) in [5, 5.41) is 0. The molecule has 2 aromatic rings. The van der Waals surface area contributed by atoms with E-state index in [9.17, 15) is 4.79 Å². The summed E-state index contributed by atoms with van der Waals surface area (Å²) >= 11 is 6.67. The second-order valence-electron chi connectivity index (χ2n) is 6.74. The van der Waals surface area contributed by atoms with Crippen LogP contribution < -0.4 is 9.80 Å². The SMILES string of the molecule is CC1(Cl)C(=O)N(c2ccccc2)C1c1ccccc1N1CCCC1. The van der Waals surface area contributed by atoms with Crippen LogP contribution in [0.4, 0.5) is 11.4 Å². The molecule has 2 unspecified atom stereocenters. The fourth-order valence-corrected chi connectivity index (χ4v) is 4.20. The summed E-state index contributed by atoms with van der Waals surface area (Å²) in [6.45, 7) is 3.98. The van der Waals surface area contributed by atoms with E-state index in [2.05, 4.69) is 23.1 Å². The van der Waals surface area contributed by atoms with Crippen molar-refractivity contribution in [3.05, 3.63) is 60.2 Å². The minimum Gasteiger partial charge on any atom is -0.371 e. The zero-order chi connectivity index (χ0) is 16.7. The van der Waals surface area contributed by atoms with Gasteiger partial charge in [-0.1, -0.05) is 36.4 Å². The number of β-lactam (4-membered cyclic amide) rings is 1. The minimum absolute atomic E-state index is 0.0309. The van der Waals surface area contributed by atoms with Gasteiger partial charge in [-0.15, -0.1) is 11.6 Å². The van der Waals surface area contributed by atoms with E-state index in [-0.39, 0.29) is 11.9 Å². The number of anilines is 2. The van der Waals surface area contributed by atoms with Crippen LogP contribution in [0.5, 0.6) is 0 Å². The largest absolute Gasteiger partial charge is 0.371 e. The number of hydrogen-bond acceptors (Lipinski definition) is 2. The minimum atomic E-state index is -0.897. The maximum Gasteiger partial charge on any atom is 0.251 e. The van der Waals surface area contributed by atoms with E-state index >= 15 is 0 Å². The van der Waals surface area contributed by atoms with Crippen molar-refractivity contribution in [2.45, 2.75) is 30.7 Å². The summed E-state index contributed by atoms with van der Waals surface area (Å²) in [5.41, 5.74) is 3.25. The van der Waals surface area contributed by atoms with Crippen LogP contribution >= 0.6 is 11.6 Å². The first-order chi connectivity index (χ1) is 11.6. The van der Waals surface area contributed by atoms with E-state index in [1.807, 2.05) is 48.2 Å². The van der Waals surface area contributed by atoms with E-state index in [4.69, 9.17) is 11.6 Å². The monoisotopic (exact) mass is 340 g/mol. The Morgan fingerprint density at radius 1 is 1.00 bits per heavy atom. The Kier molecular flexibility index (Phi) is 3.76. The lowest BCUT2D eigenvalue weighted by atomic mass is 9.81. The number of benzene rings is 2. The number of amides is 1. The van der Waals surface area contributed by atoms with Gasteiger partial charge < -0.3 is 9.80 Å². The summed E-state index contributed by atoms with van der Waals surface area (Å²) in [7, 11) is 0. The Labute approximate surface area is 147 Å². The molecule has 124 valence electrons. The van der Waals surface area contributed by atoms with Gasteiger partial charge in [-0.05, 0) is 38.0 Å². The summed E-state index contributed by atoms with van der Waals surface area (Å²) in [5.74, 6) is -0.0309. The van der Waals surface area contributed by atoms with Crippen LogP contribution in [0.15, 0.2) is 54.6 Å². The molecule has 4 heteroatoms. The maximum absolute atomic E-state index is 12.7. The fraction of sp³-hybridized carbons (Fsp3) is 0.350. The zero-order valence-electron chi connectivity index (χ0n) is 13.8. The van der Waals surface area contributed by atoms with Crippen molar-refractivity contribution < 1.29 is 4.79 Å². The molecule has 2 saturated heterocycles. The zero-order valence-corrected chi connectivity index (χ0v) is 14.5. The molecule has 24 heavy (non-hydrogen) atoms. The van der Waals surface area contributed by atoms with Crippen molar-refractivity contribution in [2.24, 2.45) is 0 Å². The van der Waals surface area contributed by atoms with Gasteiger partial charge >= 0.3 is 0 Å². The van der Waals surface area contributed by atoms with Gasteiger partial charge in [0.25, 0.3) is 5.91 Å². The molecule has 3 nitrogen and oxygen atoms in total. The van der Waals surface area contributed by atoms with Gasteiger partial charge in [-0.25, -0.2) is 0 Å².